The van der Waals surface area contributed by atoms with Crippen molar-refractivity contribution >= 4 is 23.6 Å². The summed E-state index contributed by atoms with van der Waals surface area (Å²) in [6.45, 7) is 0. The van der Waals surface area contributed by atoms with E-state index in [2.05, 4.69) is 5.32 Å². The van der Waals surface area contributed by atoms with Gasteiger partial charge in [-0.3, -0.25) is 9.59 Å². The Kier molecular flexibility index (Phi) is 4.67. The van der Waals surface area contributed by atoms with Crippen LogP contribution in [0.1, 0.15) is 12.8 Å². The molecule has 0 aromatic rings. The molecule has 2 N–H and O–H groups in total. The molecule has 98 valence electrons. The number of amides is 1. The Hall–Kier alpha value is -0.920. The van der Waals surface area contributed by atoms with E-state index in [1.165, 1.54) is 0 Å². The Bertz CT molecular complexity index is 302. The van der Waals surface area contributed by atoms with Gasteiger partial charge in [-0.25, -0.2) is 0 Å². The van der Waals surface area contributed by atoms with Crippen molar-refractivity contribution < 1.29 is 27.9 Å². The van der Waals surface area contributed by atoms with Crippen LogP contribution in [0.5, 0.6) is 0 Å². The summed E-state index contributed by atoms with van der Waals surface area (Å²) in [4.78, 5) is 21.6. The molecule has 1 amide bonds. The van der Waals surface area contributed by atoms with Crippen molar-refractivity contribution in [1.29, 1.82) is 0 Å². The van der Waals surface area contributed by atoms with E-state index in [0.717, 1.165) is 0 Å². The lowest BCUT2D eigenvalue weighted by molar-refractivity contribution is -0.146. The molecule has 0 bridgehead atoms. The zero-order valence-corrected chi connectivity index (χ0v) is 9.61. The number of alkyl halides is 3. The summed E-state index contributed by atoms with van der Waals surface area (Å²) >= 11 is 0.499. The van der Waals surface area contributed by atoms with Crippen LogP contribution in [0.25, 0.3) is 0 Å². The SMILES string of the molecule is O=C(CSCC(F)(F)F)NC1CC(C(=O)O)C1. The summed E-state index contributed by atoms with van der Waals surface area (Å²) in [7, 11) is 0. The molecule has 1 saturated carbocycles. The summed E-state index contributed by atoms with van der Waals surface area (Å²) in [6, 6.07) is -0.213. The van der Waals surface area contributed by atoms with Crippen LogP contribution in [0.3, 0.4) is 0 Å². The van der Waals surface area contributed by atoms with Crippen molar-refractivity contribution in [3.05, 3.63) is 0 Å². The van der Waals surface area contributed by atoms with Gasteiger partial charge in [0.05, 0.1) is 17.4 Å². The fraction of sp³-hybridized carbons (Fsp3) is 0.778. The maximum atomic E-state index is 11.8. The number of thioether (sulfide) groups is 1. The molecule has 1 aliphatic rings. The van der Waals surface area contributed by atoms with Crippen LogP contribution in [-0.4, -0.2) is 40.7 Å². The molecule has 0 saturated heterocycles. The zero-order chi connectivity index (χ0) is 13.1. The van der Waals surface area contributed by atoms with Crippen molar-refractivity contribution in [2.24, 2.45) is 5.92 Å². The third kappa shape index (κ3) is 5.29. The first-order chi connectivity index (χ1) is 7.78. The molecule has 1 rings (SSSR count). The molecule has 0 heterocycles. The van der Waals surface area contributed by atoms with Gasteiger partial charge in [0.25, 0.3) is 0 Å². The molecule has 0 spiro atoms. The van der Waals surface area contributed by atoms with Gasteiger partial charge in [0.1, 0.15) is 0 Å². The monoisotopic (exact) mass is 271 g/mol. The summed E-state index contributed by atoms with van der Waals surface area (Å²) in [5, 5.41) is 11.1. The normalized spacial score (nSPS) is 23.9. The van der Waals surface area contributed by atoms with E-state index in [9.17, 15) is 22.8 Å². The summed E-state index contributed by atoms with van der Waals surface area (Å²) in [5.74, 6) is -3.13. The highest BCUT2D eigenvalue weighted by molar-refractivity contribution is 8.00. The summed E-state index contributed by atoms with van der Waals surface area (Å²) in [5.41, 5.74) is 0. The second-order valence-corrected chi connectivity index (χ2v) is 4.86. The van der Waals surface area contributed by atoms with Gasteiger partial charge in [-0.15, -0.1) is 11.8 Å². The first-order valence-corrected chi connectivity index (χ1v) is 6.10. The minimum Gasteiger partial charge on any atom is -0.481 e. The molecule has 0 aromatic carbocycles. The molecule has 17 heavy (non-hydrogen) atoms. The fourth-order valence-corrected chi connectivity index (χ4v) is 2.07. The first-order valence-electron chi connectivity index (χ1n) is 4.94. The van der Waals surface area contributed by atoms with Gasteiger partial charge >= 0.3 is 12.1 Å². The van der Waals surface area contributed by atoms with E-state index in [1.807, 2.05) is 0 Å². The Morgan fingerprint density at radius 1 is 1.35 bits per heavy atom. The number of halogens is 3. The number of hydrogen-bond acceptors (Lipinski definition) is 3. The first kappa shape index (κ1) is 14.1. The number of rotatable bonds is 5. The molecule has 0 unspecified atom stereocenters. The highest BCUT2D eigenvalue weighted by Gasteiger charge is 2.35. The van der Waals surface area contributed by atoms with Crippen LogP contribution in [-0.2, 0) is 9.59 Å². The average Bonchev–Trinajstić information content (AvgIpc) is 2.07. The lowest BCUT2D eigenvalue weighted by atomic mass is 9.80. The molecule has 4 nitrogen and oxygen atoms in total. The molecule has 0 aromatic heterocycles. The quantitative estimate of drug-likeness (QED) is 0.790. The van der Waals surface area contributed by atoms with Gasteiger partial charge in [-0.2, -0.15) is 13.2 Å². The standard InChI is InChI=1S/C9H12F3NO3S/c10-9(11,12)4-17-3-7(14)13-6-1-5(2-6)8(15)16/h5-6H,1-4H2,(H,13,14)(H,15,16). The predicted molar refractivity (Wildman–Crippen MR) is 55.7 cm³/mol. The second kappa shape index (κ2) is 5.61. The third-order valence-corrected chi connectivity index (χ3v) is 3.35. The number of aliphatic carboxylic acids is 1. The van der Waals surface area contributed by atoms with Gasteiger partial charge in [0.15, 0.2) is 0 Å². The number of nitrogens with one attached hydrogen (secondary N) is 1. The van der Waals surface area contributed by atoms with Crippen molar-refractivity contribution in [1.82, 2.24) is 5.32 Å². The number of carbonyl (C=O) groups excluding carboxylic acids is 1. The minimum absolute atomic E-state index is 0.213. The fourth-order valence-electron chi connectivity index (χ4n) is 1.47. The molecule has 0 radical (unpaired) electrons. The lowest BCUT2D eigenvalue weighted by Gasteiger charge is -2.32. The largest absolute Gasteiger partial charge is 0.481 e. The smallest absolute Gasteiger partial charge is 0.397 e. The number of carboxylic acids is 1. The molecule has 0 aliphatic heterocycles. The molecular formula is C9H12F3NO3S. The van der Waals surface area contributed by atoms with Crippen LogP contribution in [0.2, 0.25) is 0 Å². The topological polar surface area (TPSA) is 66.4 Å². The Balaban J connectivity index is 2.09. The minimum atomic E-state index is -4.27. The lowest BCUT2D eigenvalue weighted by Crippen LogP contribution is -2.47. The second-order valence-electron chi connectivity index (χ2n) is 3.88. The van der Waals surface area contributed by atoms with Crippen LogP contribution in [0.15, 0.2) is 0 Å². The molecular weight excluding hydrogens is 259 g/mol. The predicted octanol–water partition coefficient (Wildman–Crippen LogP) is 1.26. The number of carbonyl (C=O) groups is 2. The number of hydrogen-bond donors (Lipinski definition) is 2. The zero-order valence-electron chi connectivity index (χ0n) is 8.79. The van der Waals surface area contributed by atoms with Crippen LogP contribution < -0.4 is 5.32 Å². The van der Waals surface area contributed by atoms with E-state index in [0.29, 0.717) is 24.6 Å². The highest BCUT2D eigenvalue weighted by atomic mass is 32.2. The van der Waals surface area contributed by atoms with E-state index >= 15 is 0 Å². The van der Waals surface area contributed by atoms with Crippen molar-refractivity contribution in [2.45, 2.75) is 25.1 Å². The van der Waals surface area contributed by atoms with Gasteiger partial charge in [0, 0.05) is 6.04 Å². The Labute approximate surface area is 99.9 Å². The van der Waals surface area contributed by atoms with Crippen molar-refractivity contribution in [3.8, 4) is 0 Å². The Morgan fingerprint density at radius 2 is 1.94 bits per heavy atom. The van der Waals surface area contributed by atoms with Gasteiger partial charge in [-0.05, 0) is 12.8 Å². The van der Waals surface area contributed by atoms with Gasteiger partial charge in [0.2, 0.25) is 5.91 Å². The van der Waals surface area contributed by atoms with Gasteiger partial charge < -0.3 is 10.4 Å². The number of carboxylic acid groups (broad SMARTS) is 1. The average molecular weight is 271 g/mol. The van der Waals surface area contributed by atoms with E-state index < -0.39 is 29.7 Å². The molecule has 1 fully saturated rings. The third-order valence-electron chi connectivity index (χ3n) is 2.35. The summed E-state index contributed by atoms with van der Waals surface area (Å²) < 4.78 is 35.3. The van der Waals surface area contributed by atoms with Crippen molar-refractivity contribution in [3.63, 3.8) is 0 Å². The van der Waals surface area contributed by atoms with Gasteiger partial charge in [-0.1, -0.05) is 0 Å². The maximum Gasteiger partial charge on any atom is 0.397 e. The highest BCUT2D eigenvalue weighted by Crippen LogP contribution is 2.27. The molecule has 1 aliphatic carbocycles. The van der Waals surface area contributed by atoms with Crippen molar-refractivity contribution in [2.75, 3.05) is 11.5 Å². The van der Waals surface area contributed by atoms with Crippen LogP contribution in [0.4, 0.5) is 13.2 Å². The van der Waals surface area contributed by atoms with E-state index in [4.69, 9.17) is 5.11 Å². The Morgan fingerprint density at radius 3 is 2.41 bits per heavy atom. The van der Waals surface area contributed by atoms with Crippen LogP contribution >= 0.6 is 11.8 Å². The molecule has 8 heteroatoms. The van der Waals surface area contributed by atoms with E-state index in [-0.39, 0.29) is 11.8 Å². The molecule has 0 atom stereocenters. The van der Waals surface area contributed by atoms with E-state index in [1.54, 1.807) is 0 Å². The summed E-state index contributed by atoms with van der Waals surface area (Å²) in [6.07, 6.45) is -3.56. The maximum absolute atomic E-state index is 11.8. The van der Waals surface area contributed by atoms with Crippen LogP contribution in [0, 0.1) is 5.92 Å².